The summed E-state index contributed by atoms with van der Waals surface area (Å²) in [5.41, 5.74) is 0.0512. The van der Waals surface area contributed by atoms with Gasteiger partial charge in [0.25, 0.3) is 5.56 Å². The summed E-state index contributed by atoms with van der Waals surface area (Å²) in [6.45, 7) is 5.40. The molecule has 1 aromatic heterocycles. The van der Waals surface area contributed by atoms with Crippen molar-refractivity contribution in [2.24, 2.45) is 5.92 Å². The Morgan fingerprint density at radius 3 is 2.56 bits per heavy atom. The van der Waals surface area contributed by atoms with Crippen LogP contribution in [0.4, 0.5) is 0 Å². The van der Waals surface area contributed by atoms with Gasteiger partial charge >= 0.3 is 5.97 Å². The van der Waals surface area contributed by atoms with Crippen molar-refractivity contribution in [3.05, 3.63) is 34.6 Å². The molecule has 0 fully saturated rings. The summed E-state index contributed by atoms with van der Waals surface area (Å²) in [5.74, 6) is -0.836. The smallest absolute Gasteiger partial charge is 0.328 e. The van der Waals surface area contributed by atoms with Crippen LogP contribution in [-0.2, 0) is 14.3 Å². The summed E-state index contributed by atoms with van der Waals surface area (Å²) >= 11 is 0. The number of hydrogen-bond donors (Lipinski definition) is 1. The van der Waals surface area contributed by atoms with Crippen molar-refractivity contribution in [3.8, 4) is 0 Å². The lowest BCUT2D eigenvalue weighted by Crippen LogP contribution is -2.46. The molecule has 0 aliphatic heterocycles. The zero-order chi connectivity index (χ0) is 18.6. The second-order valence-corrected chi connectivity index (χ2v) is 6.25. The maximum absolute atomic E-state index is 12.5. The molecule has 2 aromatic rings. The predicted molar refractivity (Wildman–Crippen MR) is 91.9 cm³/mol. The largest absolute Gasteiger partial charge is 0.467 e. The maximum Gasteiger partial charge on any atom is 0.328 e. The van der Waals surface area contributed by atoms with E-state index in [-0.39, 0.29) is 5.92 Å². The summed E-state index contributed by atoms with van der Waals surface area (Å²) in [5, 5.41) is 10.8. The van der Waals surface area contributed by atoms with E-state index in [9.17, 15) is 14.4 Å². The Morgan fingerprint density at radius 1 is 1.24 bits per heavy atom. The van der Waals surface area contributed by atoms with E-state index in [1.807, 2.05) is 13.8 Å². The third-order valence-electron chi connectivity index (χ3n) is 3.85. The number of carbonyl (C=O) groups excluding carboxylic acids is 2. The van der Waals surface area contributed by atoms with Gasteiger partial charge in [-0.2, -0.15) is 4.68 Å². The first-order valence-corrected chi connectivity index (χ1v) is 8.07. The van der Waals surface area contributed by atoms with E-state index < -0.39 is 29.5 Å². The molecule has 134 valence electrons. The fourth-order valence-electron chi connectivity index (χ4n) is 2.49. The maximum atomic E-state index is 12.5. The second-order valence-electron chi connectivity index (χ2n) is 6.25. The molecule has 0 bridgehead atoms. The monoisotopic (exact) mass is 346 g/mol. The molecule has 25 heavy (non-hydrogen) atoms. The normalized spacial score (nSPS) is 13.5. The van der Waals surface area contributed by atoms with Crippen molar-refractivity contribution in [2.45, 2.75) is 39.3 Å². The number of amides is 1. The highest BCUT2D eigenvalue weighted by atomic mass is 16.5. The van der Waals surface area contributed by atoms with Gasteiger partial charge in [0.05, 0.1) is 12.5 Å². The molecule has 1 heterocycles. The van der Waals surface area contributed by atoms with Crippen molar-refractivity contribution in [1.29, 1.82) is 0 Å². The molecular weight excluding hydrogens is 324 g/mol. The van der Waals surface area contributed by atoms with Crippen molar-refractivity contribution in [1.82, 2.24) is 20.3 Å². The molecule has 1 amide bonds. The average molecular weight is 346 g/mol. The van der Waals surface area contributed by atoms with Gasteiger partial charge in [-0.15, -0.1) is 5.10 Å². The summed E-state index contributed by atoms with van der Waals surface area (Å²) in [7, 11) is 1.27. The van der Waals surface area contributed by atoms with Gasteiger partial charge < -0.3 is 10.1 Å². The number of methoxy groups -OCH3 is 1. The first kappa shape index (κ1) is 18.6. The lowest BCUT2D eigenvalue weighted by molar-refractivity contribution is -0.146. The molecule has 0 saturated heterocycles. The minimum absolute atomic E-state index is 0.183. The number of esters is 1. The van der Waals surface area contributed by atoms with Crippen molar-refractivity contribution in [3.63, 3.8) is 0 Å². The Bertz CT molecular complexity index is 831. The van der Waals surface area contributed by atoms with Gasteiger partial charge in [0.1, 0.15) is 17.6 Å². The highest BCUT2D eigenvalue weighted by Crippen LogP contribution is 2.10. The fourth-order valence-corrected chi connectivity index (χ4v) is 2.49. The van der Waals surface area contributed by atoms with Crippen LogP contribution in [0, 0.1) is 5.92 Å². The first-order chi connectivity index (χ1) is 11.8. The minimum atomic E-state index is -0.913. The summed E-state index contributed by atoms with van der Waals surface area (Å²) in [6.07, 6.45) is 0.434. The van der Waals surface area contributed by atoms with E-state index in [0.29, 0.717) is 17.3 Å². The van der Waals surface area contributed by atoms with Crippen molar-refractivity contribution >= 4 is 22.8 Å². The molecule has 8 heteroatoms. The molecule has 0 radical (unpaired) electrons. The number of benzene rings is 1. The molecule has 0 aliphatic carbocycles. The third-order valence-corrected chi connectivity index (χ3v) is 3.85. The number of rotatable bonds is 6. The number of aromatic nitrogens is 3. The Balaban J connectivity index is 2.25. The standard InChI is InChI=1S/C17H22N4O4/c1-10(2)9-14(17(24)25-4)18-15(22)11(3)21-16(23)12-7-5-6-8-13(12)19-20-21/h5-8,10-11,14H,9H2,1-4H3,(H,18,22)/t11-,14+/m1/s1. The van der Waals surface area contributed by atoms with Crippen LogP contribution in [0.5, 0.6) is 0 Å². The zero-order valence-corrected chi connectivity index (χ0v) is 14.7. The minimum Gasteiger partial charge on any atom is -0.467 e. The Morgan fingerprint density at radius 2 is 1.92 bits per heavy atom. The number of carbonyl (C=O) groups is 2. The number of nitrogens with one attached hydrogen (secondary N) is 1. The fraction of sp³-hybridized carbons (Fsp3) is 0.471. The van der Waals surface area contributed by atoms with Gasteiger partial charge in [-0.1, -0.05) is 31.2 Å². The van der Waals surface area contributed by atoms with E-state index in [4.69, 9.17) is 4.74 Å². The van der Waals surface area contributed by atoms with Crippen LogP contribution < -0.4 is 10.9 Å². The second kappa shape index (κ2) is 7.87. The van der Waals surface area contributed by atoms with Crippen LogP contribution in [0.3, 0.4) is 0 Å². The highest BCUT2D eigenvalue weighted by molar-refractivity contribution is 5.86. The van der Waals surface area contributed by atoms with Crippen LogP contribution in [0.2, 0.25) is 0 Å². The Hall–Kier alpha value is -2.77. The molecular formula is C17H22N4O4. The third kappa shape index (κ3) is 4.20. The van der Waals surface area contributed by atoms with E-state index in [2.05, 4.69) is 15.6 Å². The van der Waals surface area contributed by atoms with Crippen molar-refractivity contribution < 1.29 is 14.3 Å². The molecule has 0 spiro atoms. The van der Waals surface area contributed by atoms with Gasteiger partial charge in [0.15, 0.2) is 0 Å². The number of fused-ring (bicyclic) bond motifs is 1. The summed E-state index contributed by atoms with van der Waals surface area (Å²) < 4.78 is 5.75. The molecule has 0 saturated carbocycles. The molecule has 0 aliphatic rings. The SMILES string of the molecule is COC(=O)[C@H](CC(C)C)NC(=O)[C@@H](C)n1nnc2ccccc2c1=O. The van der Waals surface area contributed by atoms with Crippen LogP contribution in [-0.4, -0.2) is 40.0 Å². The van der Waals surface area contributed by atoms with Crippen LogP contribution in [0.1, 0.15) is 33.2 Å². The van der Waals surface area contributed by atoms with Gasteiger partial charge in [0.2, 0.25) is 5.91 Å². The zero-order valence-electron chi connectivity index (χ0n) is 14.7. The molecule has 1 N–H and O–H groups in total. The number of hydrogen-bond acceptors (Lipinski definition) is 6. The van der Waals surface area contributed by atoms with Crippen LogP contribution in [0.15, 0.2) is 29.1 Å². The predicted octanol–water partition coefficient (Wildman–Crippen LogP) is 1.06. The van der Waals surface area contributed by atoms with Crippen molar-refractivity contribution in [2.75, 3.05) is 7.11 Å². The molecule has 2 atom stereocenters. The van der Waals surface area contributed by atoms with Gasteiger partial charge in [-0.25, -0.2) is 4.79 Å². The lowest BCUT2D eigenvalue weighted by Gasteiger charge is -2.21. The van der Waals surface area contributed by atoms with Crippen LogP contribution >= 0.6 is 0 Å². The Labute approximate surface area is 145 Å². The lowest BCUT2D eigenvalue weighted by atomic mass is 10.0. The van der Waals surface area contributed by atoms with E-state index >= 15 is 0 Å². The summed E-state index contributed by atoms with van der Waals surface area (Å²) in [6, 6.07) is 5.09. The Kier molecular flexibility index (Phi) is 5.84. The molecule has 8 nitrogen and oxygen atoms in total. The van der Waals surface area contributed by atoms with Gasteiger partial charge in [0, 0.05) is 0 Å². The summed E-state index contributed by atoms with van der Waals surface area (Å²) in [4.78, 5) is 36.9. The average Bonchev–Trinajstić information content (AvgIpc) is 2.60. The first-order valence-electron chi connectivity index (χ1n) is 8.07. The quantitative estimate of drug-likeness (QED) is 0.785. The number of ether oxygens (including phenoxy) is 1. The number of nitrogens with zero attached hydrogens (tertiary/aromatic N) is 3. The van der Waals surface area contributed by atoms with Crippen LogP contribution in [0.25, 0.3) is 10.9 Å². The topological polar surface area (TPSA) is 103 Å². The van der Waals surface area contributed by atoms with E-state index in [0.717, 1.165) is 4.68 Å². The molecule has 0 unspecified atom stereocenters. The van der Waals surface area contributed by atoms with E-state index in [1.54, 1.807) is 24.3 Å². The molecule has 2 rings (SSSR count). The van der Waals surface area contributed by atoms with E-state index in [1.165, 1.54) is 14.0 Å². The van der Waals surface area contributed by atoms with Gasteiger partial charge in [-0.3, -0.25) is 9.59 Å². The highest BCUT2D eigenvalue weighted by Gasteiger charge is 2.27. The molecule has 1 aromatic carbocycles. The van der Waals surface area contributed by atoms with Gasteiger partial charge in [-0.05, 0) is 31.4 Å².